The number of aliphatic hydroxyl groups is 2. The van der Waals surface area contributed by atoms with Crippen molar-refractivity contribution in [3.8, 4) is 0 Å². The van der Waals surface area contributed by atoms with Crippen molar-refractivity contribution in [2.45, 2.75) is 174 Å². The Kier molecular flexibility index (Phi) is 37.0. The zero-order chi connectivity index (χ0) is 44.7. The number of hydrogen-bond donors (Lipinski definition) is 5. The molecule has 14 nitrogen and oxygen atoms in total. The van der Waals surface area contributed by atoms with Crippen LogP contribution in [0.2, 0.25) is 0 Å². The number of unbranched alkanes of at least 4 members (excludes halogenated alkanes) is 12. The van der Waals surface area contributed by atoms with Gasteiger partial charge in [0.15, 0.2) is 6.10 Å². The van der Waals surface area contributed by atoms with Crippen molar-refractivity contribution in [2.24, 2.45) is 5.92 Å². The van der Waals surface area contributed by atoms with Crippen LogP contribution in [0.1, 0.15) is 156 Å². The Labute approximate surface area is 360 Å². The molecule has 5 N–H and O–H groups in total. The molecular formula is C44H78O14P2. The Morgan fingerprint density at radius 1 is 0.583 bits per heavy atom. The molecule has 0 heterocycles. The lowest BCUT2D eigenvalue weighted by Gasteiger charge is -2.20. The van der Waals surface area contributed by atoms with Crippen LogP contribution in [-0.2, 0) is 41.8 Å². The molecule has 0 aromatic heterocycles. The minimum Gasteiger partial charge on any atom is -0.462 e. The first-order valence-corrected chi connectivity index (χ1v) is 25.0. The summed E-state index contributed by atoms with van der Waals surface area (Å²) < 4.78 is 47.7. The third-order valence-electron chi connectivity index (χ3n) is 9.00. The minimum atomic E-state index is -4.87. The molecule has 0 saturated carbocycles. The highest BCUT2D eigenvalue weighted by molar-refractivity contribution is 7.47. The summed E-state index contributed by atoms with van der Waals surface area (Å²) in [4.78, 5) is 52.7. The van der Waals surface area contributed by atoms with Crippen LogP contribution >= 0.6 is 15.6 Å². The van der Waals surface area contributed by atoms with Crippen LogP contribution in [0.5, 0.6) is 0 Å². The number of rotatable bonds is 40. The van der Waals surface area contributed by atoms with Gasteiger partial charge in [0.2, 0.25) is 0 Å². The summed E-state index contributed by atoms with van der Waals surface area (Å²) in [5, 5.41) is 19.2. The van der Waals surface area contributed by atoms with E-state index in [1.54, 1.807) is 6.08 Å². The predicted molar refractivity (Wildman–Crippen MR) is 236 cm³/mol. The molecule has 0 rings (SSSR count). The van der Waals surface area contributed by atoms with Gasteiger partial charge in [-0.05, 0) is 50.9 Å². The third-order valence-corrected chi connectivity index (χ3v) is 10.4. The fourth-order valence-electron chi connectivity index (χ4n) is 5.52. The molecule has 1 unspecified atom stereocenters. The largest absolute Gasteiger partial charge is 0.472 e. The number of phosphoric ester groups is 2. The number of hydrogen-bond acceptors (Lipinski definition) is 11. The number of phosphoric acid groups is 2. The minimum absolute atomic E-state index is 0.102. The van der Waals surface area contributed by atoms with E-state index in [4.69, 9.17) is 23.8 Å². The van der Waals surface area contributed by atoms with Crippen molar-refractivity contribution < 1.29 is 66.7 Å². The van der Waals surface area contributed by atoms with Crippen LogP contribution < -0.4 is 0 Å². The van der Waals surface area contributed by atoms with E-state index in [0.717, 1.165) is 50.9 Å². The molecule has 0 radical (unpaired) electrons. The van der Waals surface area contributed by atoms with E-state index >= 15 is 0 Å². The first-order chi connectivity index (χ1) is 28.6. The maximum absolute atomic E-state index is 12.7. The maximum Gasteiger partial charge on any atom is 0.472 e. The highest BCUT2D eigenvalue weighted by atomic mass is 31.2. The van der Waals surface area contributed by atoms with Crippen molar-refractivity contribution >= 4 is 27.6 Å². The molecule has 60 heavy (non-hydrogen) atoms. The van der Waals surface area contributed by atoms with E-state index in [9.17, 15) is 33.8 Å². The SMILES string of the molecule is CC[C@H](O)/C=C/C=C\C/C=C\C/C=C\C/C=C\CCCC(=O)OC[C@H](COP(=O)(O)OC[C@@H](O)COP(=O)(O)O)OC(=O)CCCCCCCCCCCCCCC(C)C. The fraction of sp³-hybridized carbons (Fsp3) is 0.727. The van der Waals surface area contributed by atoms with Gasteiger partial charge < -0.3 is 34.4 Å². The average Bonchev–Trinajstić information content (AvgIpc) is 3.19. The molecule has 16 heteroatoms. The van der Waals surface area contributed by atoms with Crippen LogP contribution in [0.4, 0.5) is 0 Å². The molecule has 4 atom stereocenters. The van der Waals surface area contributed by atoms with Crippen molar-refractivity contribution in [1.29, 1.82) is 0 Å². The van der Waals surface area contributed by atoms with Gasteiger partial charge in [-0.2, -0.15) is 0 Å². The van der Waals surface area contributed by atoms with Crippen molar-refractivity contribution in [3.05, 3.63) is 60.8 Å². The number of ether oxygens (including phenoxy) is 2. The fourth-order valence-corrected chi connectivity index (χ4v) is 6.68. The van der Waals surface area contributed by atoms with Gasteiger partial charge in [0, 0.05) is 12.8 Å². The lowest BCUT2D eigenvalue weighted by Crippen LogP contribution is -2.30. The molecule has 0 aliphatic carbocycles. The summed E-state index contributed by atoms with van der Waals surface area (Å²) in [5.74, 6) is -0.335. The molecule has 0 aromatic carbocycles. The van der Waals surface area contributed by atoms with Crippen LogP contribution in [-0.4, -0.2) is 81.6 Å². The second-order valence-corrected chi connectivity index (χ2v) is 18.0. The van der Waals surface area contributed by atoms with Crippen LogP contribution in [0, 0.1) is 5.92 Å². The standard InChI is InChI=1S/C44H78O14P2/c1-4-40(45)32-28-24-20-16-12-7-5-6-8-13-17-21-25-29-33-43(47)54-37-42(38-57-60(52,53)56-36-41(46)35-55-59(49,50)51)58-44(48)34-30-26-22-18-14-10-9-11-15-19-23-27-31-39(2)3/h6-8,12,17,20-21,24,28,32,39-42,45-46H,4-5,9-11,13-16,18-19,22-23,25-27,29-31,33-38H2,1-3H3,(H,52,53)(H2,49,50,51)/b8-6-,12-7-,21-17-,24-20-,32-28+/t40-,41-,42+/m0/s1. The Balaban J connectivity index is 4.62. The maximum atomic E-state index is 12.7. The number of carbonyl (C=O) groups is 2. The zero-order valence-corrected chi connectivity index (χ0v) is 38.4. The molecule has 0 aliphatic heterocycles. The normalized spacial score (nSPS) is 15.2. The highest BCUT2D eigenvalue weighted by Gasteiger charge is 2.28. The van der Waals surface area contributed by atoms with Gasteiger partial charge in [-0.15, -0.1) is 0 Å². The first-order valence-electron chi connectivity index (χ1n) is 21.9. The van der Waals surface area contributed by atoms with E-state index < -0.39 is 72.3 Å². The quantitative estimate of drug-likeness (QED) is 0.0127. The van der Waals surface area contributed by atoms with Crippen molar-refractivity contribution in [2.75, 3.05) is 26.4 Å². The van der Waals surface area contributed by atoms with Gasteiger partial charge >= 0.3 is 27.6 Å². The zero-order valence-electron chi connectivity index (χ0n) is 36.6. The summed E-state index contributed by atoms with van der Waals surface area (Å²) >= 11 is 0. The predicted octanol–water partition coefficient (Wildman–Crippen LogP) is 10.1. The highest BCUT2D eigenvalue weighted by Crippen LogP contribution is 2.43. The van der Waals surface area contributed by atoms with Gasteiger partial charge in [0.1, 0.15) is 12.7 Å². The van der Waals surface area contributed by atoms with Gasteiger partial charge in [-0.25, -0.2) is 9.13 Å². The summed E-state index contributed by atoms with van der Waals surface area (Å²) in [5.41, 5.74) is 0. The number of aliphatic hydroxyl groups excluding tert-OH is 2. The molecule has 0 fully saturated rings. The summed E-state index contributed by atoms with van der Waals surface area (Å²) in [6.45, 7) is 3.66. The Morgan fingerprint density at radius 3 is 1.65 bits per heavy atom. The monoisotopic (exact) mass is 892 g/mol. The van der Waals surface area contributed by atoms with Gasteiger partial charge in [0.05, 0.1) is 25.9 Å². The lowest BCUT2D eigenvalue weighted by molar-refractivity contribution is -0.161. The van der Waals surface area contributed by atoms with E-state index in [-0.39, 0.29) is 12.8 Å². The average molecular weight is 893 g/mol. The van der Waals surface area contributed by atoms with E-state index in [1.807, 2.05) is 37.3 Å². The van der Waals surface area contributed by atoms with E-state index in [1.165, 1.54) is 51.4 Å². The Bertz CT molecular complexity index is 1320. The second-order valence-electron chi connectivity index (χ2n) is 15.3. The smallest absolute Gasteiger partial charge is 0.462 e. The molecule has 348 valence electrons. The van der Waals surface area contributed by atoms with Crippen LogP contribution in [0.15, 0.2) is 60.8 Å². The molecule has 0 bridgehead atoms. The Hall–Kier alpha value is -2.22. The molecule has 0 aromatic rings. The topological polar surface area (TPSA) is 216 Å². The third kappa shape index (κ3) is 42.5. The first kappa shape index (κ1) is 57.8. The van der Waals surface area contributed by atoms with Gasteiger partial charge in [-0.1, -0.05) is 159 Å². The molecular weight excluding hydrogens is 814 g/mol. The van der Waals surface area contributed by atoms with Crippen molar-refractivity contribution in [3.63, 3.8) is 0 Å². The van der Waals surface area contributed by atoms with Gasteiger partial charge in [-0.3, -0.25) is 23.2 Å². The van der Waals surface area contributed by atoms with Crippen LogP contribution in [0.3, 0.4) is 0 Å². The molecule has 0 saturated heterocycles. The summed E-state index contributed by atoms with van der Waals surface area (Å²) in [6.07, 6.45) is 36.1. The number of esters is 2. The van der Waals surface area contributed by atoms with Crippen molar-refractivity contribution in [1.82, 2.24) is 0 Å². The lowest BCUT2D eigenvalue weighted by atomic mass is 10.0. The molecule has 0 aliphatic rings. The van der Waals surface area contributed by atoms with Crippen LogP contribution in [0.25, 0.3) is 0 Å². The number of carbonyl (C=O) groups excluding carboxylic acids is 2. The van der Waals surface area contributed by atoms with Gasteiger partial charge in [0.25, 0.3) is 0 Å². The second kappa shape index (κ2) is 38.5. The molecule has 0 spiro atoms. The Morgan fingerprint density at radius 2 is 1.08 bits per heavy atom. The van der Waals surface area contributed by atoms with E-state index in [0.29, 0.717) is 25.7 Å². The number of allylic oxidation sites excluding steroid dienone is 9. The molecule has 0 amide bonds. The summed E-state index contributed by atoms with van der Waals surface area (Å²) in [7, 11) is -9.70. The summed E-state index contributed by atoms with van der Waals surface area (Å²) in [6, 6.07) is 0. The van der Waals surface area contributed by atoms with E-state index in [2.05, 4.69) is 47.2 Å².